The molecule has 0 spiro atoms. The minimum atomic E-state index is 0.638. The fourth-order valence-electron chi connectivity index (χ4n) is 2.91. The van der Waals surface area contributed by atoms with Gasteiger partial charge < -0.3 is 5.73 Å². The molecule has 1 rings (SSSR count). The number of hydrogen-bond donors (Lipinski definition) is 1. The molecule has 2 N–H and O–H groups in total. The molecular formula is C20H37N2+. The van der Waals surface area contributed by atoms with Crippen LogP contribution in [0.4, 0.5) is 0 Å². The standard InChI is InChI=1S/C20H37N2/c1-2-3-4-5-6-7-8-9-10-11-12-13-16-22-17-14-20(19-21)15-18-22/h14-15,17-18H,2-13,16,19,21H2,1H3/q+1. The van der Waals surface area contributed by atoms with E-state index in [9.17, 15) is 0 Å². The lowest BCUT2D eigenvalue weighted by atomic mass is 10.1. The van der Waals surface area contributed by atoms with Crippen molar-refractivity contribution in [3.8, 4) is 0 Å². The van der Waals surface area contributed by atoms with Crippen LogP contribution in [0.2, 0.25) is 0 Å². The van der Waals surface area contributed by atoms with E-state index < -0.39 is 0 Å². The van der Waals surface area contributed by atoms with Gasteiger partial charge in [-0.3, -0.25) is 0 Å². The van der Waals surface area contributed by atoms with E-state index in [0.717, 1.165) is 6.54 Å². The number of unbranched alkanes of at least 4 members (excludes halogenated alkanes) is 11. The van der Waals surface area contributed by atoms with Crippen molar-refractivity contribution in [2.24, 2.45) is 5.73 Å². The Morgan fingerprint density at radius 1 is 0.727 bits per heavy atom. The largest absolute Gasteiger partial charge is 0.326 e. The Hall–Kier alpha value is -0.890. The van der Waals surface area contributed by atoms with Gasteiger partial charge in [-0.05, 0) is 12.0 Å². The van der Waals surface area contributed by atoms with Gasteiger partial charge in [0, 0.05) is 25.1 Å². The molecule has 126 valence electrons. The zero-order chi connectivity index (χ0) is 15.9. The first-order valence-corrected chi connectivity index (χ1v) is 9.55. The Kier molecular flexibility index (Phi) is 12.0. The molecule has 0 fully saturated rings. The second-order valence-corrected chi connectivity index (χ2v) is 6.54. The van der Waals surface area contributed by atoms with Gasteiger partial charge in [-0.25, -0.2) is 4.57 Å². The van der Waals surface area contributed by atoms with Crippen LogP contribution >= 0.6 is 0 Å². The van der Waals surface area contributed by atoms with E-state index in [1.165, 1.54) is 82.6 Å². The first-order chi connectivity index (χ1) is 10.9. The lowest BCUT2D eigenvalue weighted by Gasteiger charge is -2.02. The Bertz CT molecular complexity index is 345. The SMILES string of the molecule is CCCCCCCCCCCCCC[n+]1ccc(CN)cc1. The number of rotatable bonds is 14. The highest BCUT2D eigenvalue weighted by atomic mass is 14.9. The highest BCUT2D eigenvalue weighted by molar-refractivity contribution is 5.05. The molecule has 0 amide bonds. The number of aryl methyl sites for hydroxylation is 1. The topological polar surface area (TPSA) is 29.9 Å². The lowest BCUT2D eigenvalue weighted by Crippen LogP contribution is -2.32. The molecule has 0 atom stereocenters. The number of hydrogen-bond acceptors (Lipinski definition) is 1. The third-order valence-corrected chi connectivity index (χ3v) is 4.47. The van der Waals surface area contributed by atoms with Crippen molar-refractivity contribution >= 4 is 0 Å². The smallest absolute Gasteiger partial charge is 0.169 e. The summed E-state index contributed by atoms with van der Waals surface area (Å²) in [5.74, 6) is 0. The Balaban J connectivity index is 1.85. The van der Waals surface area contributed by atoms with Gasteiger partial charge in [-0.1, -0.05) is 71.1 Å². The van der Waals surface area contributed by atoms with Gasteiger partial charge in [0.15, 0.2) is 12.4 Å². The highest BCUT2D eigenvalue weighted by Gasteiger charge is 2.00. The summed E-state index contributed by atoms with van der Waals surface area (Å²) in [6, 6.07) is 4.25. The number of aromatic nitrogens is 1. The maximum absolute atomic E-state index is 5.61. The molecule has 2 heteroatoms. The number of pyridine rings is 1. The lowest BCUT2D eigenvalue weighted by molar-refractivity contribution is -0.697. The molecule has 1 aromatic heterocycles. The Labute approximate surface area is 138 Å². The zero-order valence-electron chi connectivity index (χ0n) is 14.7. The third-order valence-electron chi connectivity index (χ3n) is 4.47. The summed E-state index contributed by atoms with van der Waals surface area (Å²) in [5.41, 5.74) is 6.82. The average Bonchev–Trinajstić information content (AvgIpc) is 2.56. The molecule has 2 nitrogen and oxygen atoms in total. The van der Waals surface area contributed by atoms with Crippen molar-refractivity contribution in [2.75, 3.05) is 0 Å². The molecule has 1 aromatic rings. The summed E-state index contributed by atoms with van der Waals surface area (Å²) in [4.78, 5) is 0. The Morgan fingerprint density at radius 3 is 1.64 bits per heavy atom. The van der Waals surface area contributed by atoms with Crippen molar-refractivity contribution in [2.45, 2.75) is 97.1 Å². The van der Waals surface area contributed by atoms with Gasteiger partial charge in [0.25, 0.3) is 0 Å². The summed E-state index contributed by atoms with van der Waals surface area (Å²) >= 11 is 0. The minimum absolute atomic E-state index is 0.638. The second kappa shape index (κ2) is 13.8. The maximum atomic E-state index is 5.61. The zero-order valence-corrected chi connectivity index (χ0v) is 14.7. The fraction of sp³-hybridized carbons (Fsp3) is 0.750. The van der Waals surface area contributed by atoms with E-state index >= 15 is 0 Å². The summed E-state index contributed by atoms with van der Waals surface area (Å²) in [6.07, 6.45) is 21.3. The quantitative estimate of drug-likeness (QED) is 0.374. The molecule has 0 aliphatic carbocycles. The van der Waals surface area contributed by atoms with E-state index in [1.54, 1.807) is 0 Å². The fourth-order valence-corrected chi connectivity index (χ4v) is 2.91. The van der Waals surface area contributed by atoms with Crippen LogP contribution in [0.15, 0.2) is 24.5 Å². The van der Waals surface area contributed by atoms with Crippen LogP contribution in [-0.2, 0) is 13.1 Å². The molecule has 0 aliphatic rings. The first-order valence-electron chi connectivity index (χ1n) is 9.55. The van der Waals surface area contributed by atoms with E-state index in [-0.39, 0.29) is 0 Å². The van der Waals surface area contributed by atoms with Crippen LogP contribution in [0.1, 0.15) is 89.5 Å². The number of nitrogens with two attached hydrogens (primary N) is 1. The van der Waals surface area contributed by atoms with Crippen molar-refractivity contribution in [1.29, 1.82) is 0 Å². The normalized spacial score (nSPS) is 11.0. The summed E-state index contributed by atoms with van der Waals surface area (Å²) in [6.45, 7) is 4.06. The molecule has 0 saturated carbocycles. The van der Waals surface area contributed by atoms with Crippen LogP contribution in [-0.4, -0.2) is 0 Å². The predicted molar refractivity (Wildman–Crippen MR) is 95.6 cm³/mol. The molecule has 0 saturated heterocycles. The molecule has 1 heterocycles. The van der Waals surface area contributed by atoms with Crippen LogP contribution < -0.4 is 10.3 Å². The molecular weight excluding hydrogens is 268 g/mol. The van der Waals surface area contributed by atoms with Gasteiger partial charge in [-0.15, -0.1) is 0 Å². The second-order valence-electron chi connectivity index (χ2n) is 6.54. The van der Waals surface area contributed by atoms with Crippen molar-refractivity contribution in [3.05, 3.63) is 30.1 Å². The summed E-state index contributed by atoms with van der Waals surface area (Å²) in [7, 11) is 0. The van der Waals surface area contributed by atoms with Crippen molar-refractivity contribution in [1.82, 2.24) is 0 Å². The number of nitrogens with zero attached hydrogens (tertiary/aromatic N) is 1. The van der Waals surface area contributed by atoms with Crippen LogP contribution in [0, 0.1) is 0 Å². The van der Waals surface area contributed by atoms with Crippen molar-refractivity contribution < 1.29 is 4.57 Å². The van der Waals surface area contributed by atoms with Gasteiger partial charge in [0.05, 0.1) is 0 Å². The van der Waals surface area contributed by atoms with E-state index in [1.807, 2.05) is 0 Å². The van der Waals surface area contributed by atoms with Crippen LogP contribution in [0.5, 0.6) is 0 Å². The minimum Gasteiger partial charge on any atom is -0.326 e. The van der Waals surface area contributed by atoms with E-state index in [0.29, 0.717) is 6.54 Å². The monoisotopic (exact) mass is 305 g/mol. The van der Waals surface area contributed by atoms with E-state index in [2.05, 4.69) is 36.0 Å². The van der Waals surface area contributed by atoms with Crippen LogP contribution in [0.25, 0.3) is 0 Å². The van der Waals surface area contributed by atoms with E-state index in [4.69, 9.17) is 5.73 Å². The average molecular weight is 306 g/mol. The molecule has 22 heavy (non-hydrogen) atoms. The van der Waals surface area contributed by atoms with Gasteiger partial charge in [0.2, 0.25) is 0 Å². The summed E-state index contributed by atoms with van der Waals surface area (Å²) < 4.78 is 2.27. The molecule has 0 unspecified atom stereocenters. The summed E-state index contributed by atoms with van der Waals surface area (Å²) in [5, 5.41) is 0. The van der Waals surface area contributed by atoms with Crippen LogP contribution in [0.3, 0.4) is 0 Å². The molecule has 0 aromatic carbocycles. The maximum Gasteiger partial charge on any atom is 0.169 e. The van der Waals surface area contributed by atoms with Gasteiger partial charge in [-0.2, -0.15) is 0 Å². The van der Waals surface area contributed by atoms with Gasteiger partial charge >= 0.3 is 0 Å². The highest BCUT2D eigenvalue weighted by Crippen LogP contribution is 2.11. The molecule has 0 bridgehead atoms. The van der Waals surface area contributed by atoms with Crippen molar-refractivity contribution in [3.63, 3.8) is 0 Å². The molecule has 0 radical (unpaired) electrons. The first kappa shape index (κ1) is 19.2. The molecule has 0 aliphatic heterocycles. The predicted octanol–water partition coefficient (Wildman–Crippen LogP) is 5.13. The Morgan fingerprint density at radius 2 is 1.18 bits per heavy atom. The van der Waals surface area contributed by atoms with Gasteiger partial charge in [0.1, 0.15) is 6.54 Å². The third kappa shape index (κ3) is 9.94.